The van der Waals surface area contributed by atoms with Crippen LogP contribution in [-0.4, -0.2) is 15.7 Å². The lowest BCUT2D eigenvalue weighted by atomic mass is 10.1. The van der Waals surface area contributed by atoms with E-state index in [2.05, 4.69) is 40.6 Å². The molecule has 0 N–H and O–H groups in total. The van der Waals surface area contributed by atoms with Crippen molar-refractivity contribution in [2.45, 2.75) is 110 Å². The van der Waals surface area contributed by atoms with Crippen LogP contribution in [0.2, 0.25) is 0 Å². The Morgan fingerprint density at radius 1 is 0.594 bits per heavy atom. The zero-order valence-electron chi connectivity index (χ0n) is 20.4. The van der Waals surface area contributed by atoms with Crippen molar-refractivity contribution in [3.63, 3.8) is 0 Å². The third-order valence-electron chi connectivity index (χ3n) is 6.12. The molecule has 0 saturated heterocycles. The fourth-order valence-electron chi connectivity index (χ4n) is 4.05. The lowest BCUT2D eigenvalue weighted by Crippen LogP contribution is -2.06. The molecular weight excluding hydrogens is 394 g/mol. The van der Waals surface area contributed by atoms with Gasteiger partial charge in [0.15, 0.2) is 5.43 Å². The van der Waals surface area contributed by atoms with E-state index in [-0.39, 0.29) is 5.43 Å². The van der Waals surface area contributed by atoms with Crippen LogP contribution < -0.4 is 10.8 Å². The summed E-state index contributed by atoms with van der Waals surface area (Å²) in [6, 6.07) is 7.59. The molecule has 32 heavy (non-hydrogen) atoms. The van der Waals surface area contributed by atoms with Gasteiger partial charge in [0, 0.05) is 56.6 Å². The minimum absolute atomic E-state index is 0.0889. The van der Waals surface area contributed by atoms with Gasteiger partial charge in [-0.1, -0.05) is 77.6 Å². The Labute approximate surface area is 195 Å². The molecule has 0 spiro atoms. The summed E-state index contributed by atoms with van der Waals surface area (Å²) in [6.45, 7) is 5.35. The number of pyridine rings is 2. The first-order valence-electron chi connectivity index (χ1n) is 13.1. The van der Waals surface area contributed by atoms with Crippen LogP contribution in [0.3, 0.4) is 0 Å². The smallest absolute Gasteiger partial charge is 0.181 e. The molecule has 0 aliphatic heterocycles. The molecule has 0 aliphatic rings. The SMILES string of the molecule is CCCCCCCCN=c1ccn(CCCCCCCCCCn2ccc(=O)cc2)cc1. The summed E-state index contributed by atoms with van der Waals surface area (Å²) in [5, 5.41) is 1.12. The highest BCUT2D eigenvalue weighted by Gasteiger charge is 1.95. The zero-order chi connectivity index (χ0) is 22.7. The Hall–Kier alpha value is -2.10. The van der Waals surface area contributed by atoms with Gasteiger partial charge in [0.2, 0.25) is 0 Å². The van der Waals surface area contributed by atoms with Crippen LogP contribution in [0.1, 0.15) is 96.8 Å². The maximum absolute atomic E-state index is 11.1. The van der Waals surface area contributed by atoms with Crippen molar-refractivity contribution in [3.8, 4) is 0 Å². The Bertz CT molecular complexity index is 796. The van der Waals surface area contributed by atoms with Crippen LogP contribution in [0.4, 0.5) is 0 Å². The summed E-state index contributed by atoms with van der Waals surface area (Å²) in [7, 11) is 0. The van der Waals surface area contributed by atoms with Gasteiger partial charge in [-0.05, 0) is 31.4 Å². The molecular formula is C28H45N3O. The normalized spacial score (nSPS) is 11.0. The van der Waals surface area contributed by atoms with Gasteiger partial charge in [-0.3, -0.25) is 9.79 Å². The van der Waals surface area contributed by atoms with Gasteiger partial charge < -0.3 is 9.13 Å². The van der Waals surface area contributed by atoms with Crippen LogP contribution in [0.25, 0.3) is 0 Å². The minimum atomic E-state index is 0.0889. The number of hydrogen-bond acceptors (Lipinski definition) is 2. The molecule has 0 aliphatic carbocycles. The van der Waals surface area contributed by atoms with Gasteiger partial charge in [0.05, 0.1) is 5.36 Å². The number of aryl methyl sites for hydroxylation is 2. The number of aromatic nitrogens is 2. The fraction of sp³-hybridized carbons (Fsp3) is 0.643. The van der Waals surface area contributed by atoms with E-state index in [4.69, 9.17) is 4.99 Å². The molecule has 2 heterocycles. The third kappa shape index (κ3) is 12.7. The van der Waals surface area contributed by atoms with Crippen molar-refractivity contribution >= 4 is 0 Å². The van der Waals surface area contributed by atoms with Crippen LogP contribution in [0.5, 0.6) is 0 Å². The Kier molecular flexibility index (Phi) is 14.3. The van der Waals surface area contributed by atoms with E-state index < -0.39 is 0 Å². The van der Waals surface area contributed by atoms with Crippen molar-refractivity contribution < 1.29 is 0 Å². The molecule has 4 nitrogen and oxygen atoms in total. The summed E-state index contributed by atoms with van der Waals surface area (Å²) in [5.41, 5.74) is 0.0889. The van der Waals surface area contributed by atoms with Crippen molar-refractivity contribution in [1.29, 1.82) is 0 Å². The van der Waals surface area contributed by atoms with Gasteiger partial charge in [-0.2, -0.15) is 0 Å². The van der Waals surface area contributed by atoms with Crippen molar-refractivity contribution in [1.82, 2.24) is 9.13 Å². The molecule has 0 amide bonds. The van der Waals surface area contributed by atoms with E-state index in [1.165, 1.54) is 89.9 Å². The second-order valence-corrected chi connectivity index (χ2v) is 9.04. The highest BCUT2D eigenvalue weighted by molar-refractivity contribution is 4.94. The van der Waals surface area contributed by atoms with Gasteiger partial charge in [0.25, 0.3) is 0 Å². The molecule has 4 heteroatoms. The molecule has 2 aromatic heterocycles. The highest BCUT2D eigenvalue weighted by atomic mass is 16.1. The number of hydrogen-bond donors (Lipinski definition) is 0. The molecule has 0 fully saturated rings. The van der Waals surface area contributed by atoms with E-state index >= 15 is 0 Å². The number of nitrogens with zero attached hydrogens (tertiary/aromatic N) is 3. The van der Waals surface area contributed by atoms with Gasteiger partial charge in [0.1, 0.15) is 0 Å². The van der Waals surface area contributed by atoms with Gasteiger partial charge >= 0.3 is 0 Å². The van der Waals surface area contributed by atoms with Gasteiger partial charge in [-0.25, -0.2) is 0 Å². The average molecular weight is 440 g/mol. The quantitative estimate of drug-likeness (QED) is 0.237. The number of unbranched alkanes of at least 4 members (excludes halogenated alkanes) is 12. The Morgan fingerprint density at radius 3 is 1.56 bits per heavy atom. The molecule has 0 aromatic carbocycles. The monoisotopic (exact) mass is 439 g/mol. The standard InChI is InChI=1S/C28H45N3O/c1-2-3-4-5-10-13-20-29-27-16-23-30(24-17-27)21-14-11-8-6-7-9-12-15-22-31-25-18-28(32)19-26-31/h16-19,23-26H,2-15,20-22H2,1H3. The fourth-order valence-corrected chi connectivity index (χ4v) is 4.05. The van der Waals surface area contributed by atoms with Crippen LogP contribution >= 0.6 is 0 Å². The molecule has 0 unspecified atom stereocenters. The topological polar surface area (TPSA) is 39.3 Å². The molecule has 0 atom stereocenters. The first-order chi connectivity index (χ1) is 15.8. The van der Waals surface area contributed by atoms with Gasteiger partial charge in [-0.15, -0.1) is 0 Å². The predicted octanol–water partition coefficient (Wildman–Crippen LogP) is 6.73. The molecule has 0 bridgehead atoms. The predicted molar refractivity (Wildman–Crippen MR) is 136 cm³/mol. The van der Waals surface area contributed by atoms with Crippen molar-refractivity contribution in [2.24, 2.45) is 4.99 Å². The molecule has 0 saturated carbocycles. The lowest BCUT2D eigenvalue weighted by molar-refractivity contribution is 0.524. The molecule has 2 aromatic rings. The molecule has 2 rings (SSSR count). The summed E-state index contributed by atoms with van der Waals surface area (Å²) < 4.78 is 4.40. The highest BCUT2D eigenvalue weighted by Crippen LogP contribution is 2.10. The largest absolute Gasteiger partial charge is 0.354 e. The first kappa shape index (κ1) is 26.2. The summed E-state index contributed by atoms with van der Waals surface area (Å²) in [4.78, 5) is 15.8. The van der Waals surface area contributed by atoms with E-state index in [1.807, 2.05) is 12.4 Å². The number of rotatable bonds is 18. The third-order valence-corrected chi connectivity index (χ3v) is 6.12. The second-order valence-electron chi connectivity index (χ2n) is 9.04. The maximum atomic E-state index is 11.1. The molecule has 0 radical (unpaired) electrons. The minimum Gasteiger partial charge on any atom is -0.354 e. The van der Waals surface area contributed by atoms with Crippen molar-refractivity contribution in [2.75, 3.05) is 6.54 Å². The second kappa shape index (κ2) is 17.5. The Balaban J connectivity index is 1.43. The Morgan fingerprint density at radius 2 is 1.03 bits per heavy atom. The first-order valence-corrected chi connectivity index (χ1v) is 13.1. The van der Waals surface area contributed by atoms with E-state index in [0.29, 0.717) is 0 Å². The zero-order valence-corrected chi connectivity index (χ0v) is 20.4. The van der Waals surface area contributed by atoms with E-state index in [9.17, 15) is 4.79 Å². The molecule has 178 valence electrons. The van der Waals surface area contributed by atoms with Crippen molar-refractivity contribution in [3.05, 3.63) is 64.6 Å². The van der Waals surface area contributed by atoms with Crippen LogP contribution in [-0.2, 0) is 13.1 Å². The maximum Gasteiger partial charge on any atom is 0.181 e. The van der Waals surface area contributed by atoms with Crippen LogP contribution in [0.15, 0.2) is 58.8 Å². The summed E-state index contributed by atoms with van der Waals surface area (Å²) >= 11 is 0. The van der Waals surface area contributed by atoms with E-state index in [1.54, 1.807) is 12.1 Å². The van der Waals surface area contributed by atoms with E-state index in [0.717, 1.165) is 25.0 Å². The average Bonchev–Trinajstić information content (AvgIpc) is 2.82. The van der Waals surface area contributed by atoms with Crippen LogP contribution in [0, 0.1) is 0 Å². The lowest BCUT2D eigenvalue weighted by Gasteiger charge is -2.07. The summed E-state index contributed by atoms with van der Waals surface area (Å²) in [6.07, 6.45) is 26.5. The summed E-state index contributed by atoms with van der Waals surface area (Å²) in [5.74, 6) is 0.